The van der Waals surface area contributed by atoms with Gasteiger partial charge in [0.2, 0.25) is 5.75 Å². The molecule has 0 unspecified atom stereocenters. The van der Waals surface area contributed by atoms with Gasteiger partial charge in [-0.3, -0.25) is 9.59 Å². The number of methoxy groups -OCH3 is 2. The minimum Gasteiger partial charge on any atom is -0.504 e. The Balaban J connectivity index is 0.000000293. The van der Waals surface area contributed by atoms with Crippen LogP contribution >= 0.6 is 0 Å². The van der Waals surface area contributed by atoms with E-state index in [1.54, 1.807) is 25.1 Å². The van der Waals surface area contributed by atoms with E-state index in [4.69, 9.17) is 18.3 Å². The van der Waals surface area contributed by atoms with Crippen LogP contribution < -0.4 is 20.3 Å². The van der Waals surface area contributed by atoms with E-state index in [-0.39, 0.29) is 53.9 Å². The summed E-state index contributed by atoms with van der Waals surface area (Å²) in [7, 11) is 2.74. The average molecular weight is 763 g/mol. The molecular weight excluding hydrogens is 709 g/mol. The summed E-state index contributed by atoms with van der Waals surface area (Å²) in [5.74, 6) is 0.0660. The molecule has 2 heterocycles. The first kappa shape index (κ1) is 45.7. The summed E-state index contributed by atoms with van der Waals surface area (Å²) >= 11 is 0. The third-order valence-electron chi connectivity index (χ3n) is 7.97. The minimum absolute atomic E-state index is 0. The van der Waals surface area contributed by atoms with Crippen molar-refractivity contribution in [2.24, 2.45) is 0 Å². The number of benzene rings is 5. The third-order valence-corrected chi connectivity index (χ3v) is 7.97. The summed E-state index contributed by atoms with van der Waals surface area (Å²) in [5, 5.41) is 30.1. The molecule has 296 valence electrons. The Morgan fingerprint density at radius 1 is 0.571 bits per heavy atom. The molecule has 0 saturated carbocycles. The number of phenols is 3. The van der Waals surface area contributed by atoms with Gasteiger partial charge in [-0.15, -0.1) is 0 Å². The maximum Gasteiger partial charge on any atom is 0.203 e. The minimum atomic E-state index is -0.430. The molecule has 5 aromatic carbocycles. The van der Waals surface area contributed by atoms with Crippen molar-refractivity contribution in [3.63, 3.8) is 0 Å². The van der Waals surface area contributed by atoms with E-state index >= 15 is 0 Å². The molecule has 0 radical (unpaired) electrons. The molecular formula is C47H54O9. The zero-order valence-electron chi connectivity index (χ0n) is 31.4. The Bertz CT molecular complexity index is 2230. The predicted octanol–water partition coefficient (Wildman–Crippen LogP) is 11.7. The van der Waals surface area contributed by atoms with Gasteiger partial charge in [0.25, 0.3) is 0 Å². The van der Waals surface area contributed by atoms with Gasteiger partial charge in [0.15, 0.2) is 33.9 Å². The Labute approximate surface area is 329 Å². The number of hydrogen-bond acceptors (Lipinski definition) is 9. The van der Waals surface area contributed by atoms with Gasteiger partial charge in [-0.05, 0) is 30.5 Å². The molecule has 0 saturated heterocycles. The lowest BCUT2D eigenvalue weighted by molar-refractivity contribution is 0.346. The number of aromatic hydroxyl groups is 3. The molecule has 0 aliphatic heterocycles. The molecule has 0 atom stereocenters. The molecule has 2 aromatic heterocycles. The van der Waals surface area contributed by atoms with Gasteiger partial charge in [-0.25, -0.2) is 0 Å². The van der Waals surface area contributed by atoms with Crippen LogP contribution in [0.4, 0.5) is 0 Å². The van der Waals surface area contributed by atoms with Crippen LogP contribution in [-0.2, 0) is 6.42 Å². The highest BCUT2D eigenvalue weighted by Gasteiger charge is 2.19. The Hall–Kier alpha value is -6.48. The van der Waals surface area contributed by atoms with Crippen molar-refractivity contribution in [2.45, 2.75) is 61.8 Å². The van der Waals surface area contributed by atoms with Crippen LogP contribution in [-0.4, -0.2) is 29.5 Å². The molecule has 7 aromatic rings. The fourth-order valence-electron chi connectivity index (χ4n) is 5.56. The van der Waals surface area contributed by atoms with Gasteiger partial charge in [-0.1, -0.05) is 139 Å². The maximum atomic E-state index is 12.3. The largest absolute Gasteiger partial charge is 0.504 e. The summed E-state index contributed by atoms with van der Waals surface area (Å²) in [4.78, 5) is 24.5. The van der Waals surface area contributed by atoms with E-state index in [1.807, 2.05) is 48.5 Å². The second-order valence-corrected chi connectivity index (χ2v) is 12.2. The van der Waals surface area contributed by atoms with Gasteiger partial charge in [0, 0.05) is 29.3 Å². The van der Waals surface area contributed by atoms with Gasteiger partial charge >= 0.3 is 0 Å². The van der Waals surface area contributed by atoms with Crippen LogP contribution in [0.3, 0.4) is 0 Å². The molecule has 9 nitrogen and oxygen atoms in total. The Kier molecular flexibility index (Phi) is 18.0. The van der Waals surface area contributed by atoms with Gasteiger partial charge in [0.1, 0.15) is 33.5 Å². The quantitative estimate of drug-likeness (QED) is 0.151. The molecule has 0 aliphatic carbocycles. The normalized spacial score (nSPS) is 9.89. The first-order chi connectivity index (χ1) is 26.1. The predicted molar refractivity (Wildman–Crippen MR) is 229 cm³/mol. The molecule has 7 rings (SSSR count). The van der Waals surface area contributed by atoms with E-state index in [2.05, 4.69) is 51.1 Å². The zero-order valence-corrected chi connectivity index (χ0v) is 31.4. The van der Waals surface area contributed by atoms with Crippen LogP contribution in [0.1, 0.15) is 59.6 Å². The standard InChI is InChI=1S/C17H14O4.C16H12O5.C9H12.C3H8.2CH4/c1-10-8-14-15(16(19)17(10)20-2)12(18)9-13(21-14)11-6-4-3-5-7-11;1-20-16-11(18)8-13-14(15(16)19)10(17)7-12(21-13)9-5-3-2-4-6-9;1-2-6-9-7-4-3-5-8-9;1-3-2;;/h3-9,19H,1-2H3;2-8,18-19H,1H3;3-5,7-8H,2,6H2,1H3;3H2,1-2H3;2*1H4. The van der Waals surface area contributed by atoms with Crippen LogP contribution in [0.2, 0.25) is 0 Å². The Morgan fingerprint density at radius 2 is 0.964 bits per heavy atom. The molecule has 56 heavy (non-hydrogen) atoms. The van der Waals surface area contributed by atoms with Crippen molar-refractivity contribution in [3.8, 4) is 51.4 Å². The van der Waals surface area contributed by atoms with Crippen LogP contribution in [0.15, 0.2) is 134 Å². The lowest BCUT2D eigenvalue weighted by Crippen LogP contribution is -2.02. The fourth-order valence-corrected chi connectivity index (χ4v) is 5.56. The van der Waals surface area contributed by atoms with Crippen molar-refractivity contribution in [3.05, 3.63) is 147 Å². The molecule has 9 heteroatoms. The highest BCUT2D eigenvalue weighted by Crippen LogP contribution is 2.41. The van der Waals surface area contributed by atoms with E-state index in [1.165, 1.54) is 57.2 Å². The van der Waals surface area contributed by atoms with Crippen molar-refractivity contribution >= 4 is 21.9 Å². The van der Waals surface area contributed by atoms with E-state index in [0.29, 0.717) is 28.4 Å². The van der Waals surface area contributed by atoms with Crippen LogP contribution in [0.5, 0.6) is 28.7 Å². The lowest BCUT2D eigenvalue weighted by atomic mass is 10.1. The number of hydrogen-bond donors (Lipinski definition) is 3. The molecule has 0 aliphatic rings. The van der Waals surface area contributed by atoms with Crippen molar-refractivity contribution < 1.29 is 33.6 Å². The molecule has 0 spiro atoms. The highest BCUT2D eigenvalue weighted by atomic mass is 16.5. The molecule has 0 fully saturated rings. The smallest absolute Gasteiger partial charge is 0.203 e. The van der Waals surface area contributed by atoms with Gasteiger partial charge in [0.05, 0.1) is 14.2 Å². The highest BCUT2D eigenvalue weighted by molar-refractivity contribution is 5.90. The first-order valence-corrected chi connectivity index (χ1v) is 17.6. The maximum absolute atomic E-state index is 12.3. The van der Waals surface area contributed by atoms with E-state index < -0.39 is 11.2 Å². The Morgan fingerprint density at radius 3 is 1.38 bits per heavy atom. The monoisotopic (exact) mass is 762 g/mol. The number of aryl methyl sites for hydroxylation is 2. The average Bonchev–Trinajstić information content (AvgIpc) is 3.16. The zero-order chi connectivity index (χ0) is 39.2. The fraction of sp³-hybridized carbons (Fsp3) is 0.234. The topological polar surface area (TPSA) is 140 Å². The van der Waals surface area contributed by atoms with Crippen molar-refractivity contribution in [2.75, 3.05) is 14.2 Å². The summed E-state index contributed by atoms with van der Waals surface area (Å²) < 4.78 is 21.4. The van der Waals surface area contributed by atoms with E-state index in [0.717, 1.165) is 11.1 Å². The summed E-state index contributed by atoms with van der Waals surface area (Å²) in [6.07, 6.45) is 3.70. The second-order valence-electron chi connectivity index (χ2n) is 12.2. The number of rotatable bonds is 6. The number of ether oxygens (including phenoxy) is 2. The number of fused-ring (bicyclic) bond motifs is 2. The van der Waals surface area contributed by atoms with Crippen molar-refractivity contribution in [1.29, 1.82) is 0 Å². The van der Waals surface area contributed by atoms with Gasteiger partial charge in [-0.2, -0.15) is 0 Å². The second kappa shape index (κ2) is 22.0. The summed E-state index contributed by atoms with van der Waals surface area (Å²) in [6, 6.07) is 34.7. The molecule has 3 N–H and O–H groups in total. The first-order valence-electron chi connectivity index (χ1n) is 17.6. The molecule has 0 bridgehead atoms. The van der Waals surface area contributed by atoms with Crippen LogP contribution in [0.25, 0.3) is 44.6 Å². The van der Waals surface area contributed by atoms with Crippen molar-refractivity contribution in [1.82, 2.24) is 0 Å². The SMILES string of the molecule is C.C.CCC.CCCc1ccccc1.COc1c(C)cc2oc(-c3ccccc3)cc(=O)c2c1O.COc1c(O)cc2oc(-c3ccccc3)cc(=O)c2c1O. The van der Waals surface area contributed by atoms with E-state index in [9.17, 15) is 24.9 Å². The summed E-state index contributed by atoms with van der Waals surface area (Å²) in [5.41, 5.74) is 3.41. The lowest BCUT2D eigenvalue weighted by Gasteiger charge is -2.10. The van der Waals surface area contributed by atoms with Gasteiger partial charge < -0.3 is 33.6 Å². The number of phenolic OH excluding ortho intramolecular Hbond substituents is 3. The third kappa shape index (κ3) is 11.0. The van der Waals surface area contributed by atoms with Crippen LogP contribution in [0, 0.1) is 6.92 Å². The summed E-state index contributed by atoms with van der Waals surface area (Å²) in [6.45, 7) is 8.24. The molecule has 0 amide bonds.